The molecule has 3 aromatic rings. The van der Waals surface area contributed by atoms with Crippen molar-refractivity contribution in [3.05, 3.63) is 52.2 Å². The summed E-state index contributed by atoms with van der Waals surface area (Å²) in [5, 5.41) is 0.451. The molecule has 0 radical (unpaired) electrons. The lowest BCUT2D eigenvalue weighted by molar-refractivity contribution is 0.489. The van der Waals surface area contributed by atoms with Crippen LogP contribution in [-0.4, -0.2) is 9.97 Å². The number of nitrogens with zero attached hydrogens (tertiary/aromatic N) is 2. The van der Waals surface area contributed by atoms with Crippen molar-refractivity contribution >= 4 is 44.3 Å². The van der Waals surface area contributed by atoms with Crippen LogP contribution in [0.15, 0.2) is 47.2 Å². The highest BCUT2D eigenvalue weighted by Crippen LogP contribution is 2.36. The van der Waals surface area contributed by atoms with E-state index in [9.17, 15) is 0 Å². The lowest BCUT2D eigenvalue weighted by Gasteiger charge is -2.11. The zero-order chi connectivity index (χ0) is 14.1. The molecule has 0 spiro atoms. The number of ether oxygens (including phenoxy) is 1. The minimum atomic E-state index is 0.423. The summed E-state index contributed by atoms with van der Waals surface area (Å²) in [6, 6.07) is 8.82. The van der Waals surface area contributed by atoms with Gasteiger partial charge < -0.3 is 10.5 Å². The fourth-order valence-electron chi connectivity index (χ4n) is 1.81. The van der Waals surface area contributed by atoms with E-state index in [0.29, 0.717) is 27.7 Å². The van der Waals surface area contributed by atoms with E-state index in [2.05, 4.69) is 25.9 Å². The zero-order valence-corrected chi connectivity index (χ0v) is 12.5. The quantitative estimate of drug-likeness (QED) is 0.695. The fourth-order valence-corrected chi connectivity index (χ4v) is 2.35. The monoisotopic (exact) mass is 349 g/mol. The number of nitrogen functional groups attached to an aromatic ring is 1. The molecule has 0 aliphatic rings. The van der Waals surface area contributed by atoms with Gasteiger partial charge in [0.1, 0.15) is 5.52 Å². The van der Waals surface area contributed by atoms with Crippen molar-refractivity contribution in [1.29, 1.82) is 0 Å². The first kappa shape index (κ1) is 13.1. The van der Waals surface area contributed by atoms with E-state index in [1.165, 1.54) is 0 Å². The predicted octanol–water partition coefficient (Wildman–Crippen LogP) is 4.42. The number of halogens is 2. The molecule has 2 N–H and O–H groups in total. The predicted molar refractivity (Wildman–Crippen MR) is 83.2 cm³/mol. The Bertz CT molecular complexity index is 774. The second-order valence-electron chi connectivity index (χ2n) is 4.09. The minimum absolute atomic E-state index is 0.423. The van der Waals surface area contributed by atoms with Gasteiger partial charge in [-0.3, -0.25) is 4.98 Å². The van der Waals surface area contributed by atoms with Crippen molar-refractivity contribution < 1.29 is 4.74 Å². The number of para-hydroxylation sites is 1. The zero-order valence-electron chi connectivity index (χ0n) is 10.2. The van der Waals surface area contributed by atoms with E-state index >= 15 is 0 Å². The van der Waals surface area contributed by atoms with E-state index in [1.807, 2.05) is 6.07 Å². The average molecular weight is 351 g/mol. The molecule has 0 bridgehead atoms. The SMILES string of the molecule is Nc1cccc(Cl)c1Oc1ccnc2cc(Br)cnc12. The van der Waals surface area contributed by atoms with Gasteiger partial charge >= 0.3 is 0 Å². The molecule has 6 heteroatoms. The van der Waals surface area contributed by atoms with Crippen molar-refractivity contribution in [2.45, 2.75) is 0 Å². The Kier molecular flexibility index (Phi) is 3.46. The summed E-state index contributed by atoms with van der Waals surface area (Å²) >= 11 is 9.47. The van der Waals surface area contributed by atoms with Gasteiger partial charge in [0.25, 0.3) is 0 Å². The van der Waals surface area contributed by atoms with E-state index in [4.69, 9.17) is 22.1 Å². The molecule has 100 valence electrons. The van der Waals surface area contributed by atoms with Gasteiger partial charge in [-0.2, -0.15) is 0 Å². The Morgan fingerprint density at radius 3 is 2.85 bits per heavy atom. The van der Waals surface area contributed by atoms with Crippen LogP contribution in [0.25, 0.3) is 11.0 Å². The van der Waals surface area contributed by atoms with Gasteiger partial charge in [0.15, 0.2) is 11.5 Å². The van der Waals surface area contributed by atoms with Crippen molar-refractivity contribution in [2.75, 3.05) is 5.73 Å². The second kappa shape index (κ2) is 5.26. The van der Waals surface area contributed by atoms with Crippen molar-refractivity contribution in [2.24, 2.45) is 0 Å². The summed E-state index contributed by atoms with van der Waals surface area (Å²) in [5.74, 6) is 0.980. The molecule has 0 fully saturated rings. The normalized spacial score (nSPS) is 10.7. The Hall–Kier alpha value is -1.85. The third-order valence-corrected chi connectivity index (χ3v) is 3.45. The lowest BCUT2D eigenvalue weighted by atomic mass is 10.3. The van der Waals surface area contributed by atoms with Gasteiger partial charge in [-0.15, -0.1) is 0 Å². The molecule has 0 saturated carbocycles. The molecular weight excluding hydrogens is 342 g/mol. The summed E-state index contributed by atoms with van der Waals surface area (Å²) in [7, 11) is 0. The van der Waals surface area contributed by atoms with Crippen molar-refractivity contribution in [3.63, 3.8) is 0 Å². The van der Waals surface area contributed by atoms with Gasteiger partial charge in [0.2, 0.25) is 0 Å². The van der Waals surface area contributed by atoms with Crippen LogP contribution >= 0.6 is 27.5 Å². The van der Waals surface area contributed by atoms with Gasteiger partial charge in [-0.1, -0.05) is 17.7 Å². The first-order valence-electron chi connectivity index (χ1n) is 5.77. The molecule has 2 heterocycles. The maximum absolute atomic E-state index is 6.11. The molecule has 2 aromatic heterocycles. The van der Waals surface area contributed by atoms with E-state index in [-0.39, 0.29) is 0 Å². The fraction of sp³-hybridized carbons (Fsp3) is 0. The molecule has 0 saturated heterocycles. The second-order valence-corrected chi connectivity index (χ2v) is 5.41. The summed E-state index contributed by atoms with van der Waals surface area (Å²) in [5.41, 5.74) is 7.73. The maximum atomic E-state index is 6.11. The van der Waals surface area contributed by atoms with E-state index in [1.54, 1.807) is 36.7 Å². The van der Waals surface area contributed by atoms with Gasteiger partial charge in [0.05, 0.1) is 16.2 Å². The Morgan fingerprint density at radius 1 is 1.20 bits per heavy atom. The van der Waals surface area contributed by atoms with Crippen LogP contribution in [-0.2, 0) is 0 Å². The number of fused-ring (bicyclic) bond motifs is 1. The highest BCUT2D eigenvalue weighted by atomic mass is 79.9. The molecule has 20 heavy (non-hydrogen) atoms. The molecule has 0 atom stereocenters. The first-order chi connectivity index (χ1) is 9.65. The maximum Gasteiger partial charge on any atom is 0.168 e. The molecule has 4 nitrogen and oxygen atoms in total. The van der Waals surface area contributed by atoms with Crippen LogP contribution in [0.3, 0.4) is 0 Å². The largest absolute Gasteiger partial charge is 0.451 e. The molecule has 0 unspecified atom stereocenters. The van der Waals surface area contributed by atoms with Gasteiger partial charge in [0, 0.05) is 22.9 Å². The number of benzene rings is 1. The molecule has 3 rings (SSSR count). The summed E-state index contributed by atoms with van der Waals surface area (Å²) in [6.45, 7) is 0. The minimum Gasteiger partial charge on any atom is -0.451 e. The summed E-state index contributed by atoms with van der Waals surface area (Å²) in [6.07, 6.45) is 3.34. The highest BCUT2D eigenvalue weighted by Gasteiger charge is 2.11. The molecule has 1 aromatic carbocycles. The van der Waals surface area contributed by atoms with Crippen LogP contribution in [0.4, 0.5) is 5.69 Å². The standard InChI is InChI=1S/C14H9BrClN3O/c15-8-6-11-13(19-7-8)12(4-5-18-11)20-14-9(16)2-1-3-10(14)17/h1-7H,17H2. The van der Waals surface area contributed by atoms with Crippen molar-refractivity contribution in [1.82, 2.24) is 9.97 Å². The lowest BCUT2D eigenvalue weighted by Crippen LogP contribution is -1.94. The smallest absolute Gasteiger partial charge is 0.168 e. The van der Waals surface area contributed by atoms with Gasteiger partial charge in [-0.25, -0.2) is 4.98 Å². The first-order valence-corrected chi connectivity index (χ1v) is 6.94. The molecule has 0 aliphatic heterocycles. The van der Waals surface area contributed by atoms with E-state index < -0.39 is 0 Å². The molecular formula is C14H9BrClN3O. The molecule has 0 aliphatic carbocycles. The summed E-state index contributed by atoms with van der Waals surface area (Å²) < 4.78 is 6.67. The highest BCUT2D eigenvalue weighted by molar-refractivity contribution is 9.10. The summed E-state index contributed by atoms with van der Waals surface area (Å²) in [4.78, 5) is 8.57. The van der Waals surface area contributed by atoms with Crippen molar-refractivity contribution in [3.8, 4) is 11.5 Å². The third kappa shape index (κ3) is 2.42. The average Bonchev–Trinajstić information content (AvgIpc) is 2.42. The Morgan fingerprint density at radius 2 is 2.05 bits per heavy atom. The van der Waals surface area contributed by atoms with Gasteiger partial charge in [-0.05, 0) is 34.1 Å². The number of anilines is 1. The number of rotatable bonds is 2. The third-order valence-electron chi connectivity index (χ3n) is 2.72. The van der Waals surface area contributed by atoms with Crippen LogP contribution < -0.4 is 10.5 Å². The number of hydrogen-bond donors (Lipinski definition) is 1. The Balaban J connectivity index is 2.11. The topological polar surface area (TPSA) is 61.0 Å². The van der Waals surface area contributed by atoms with Crippen LogP contribution in [0.1, 0.15) is 0 Å². The number of hydrogen-bond acceptors (Lipinski definition) is 4. The Labute approximate surface area is 128 Å². The number of pyridine rings is 2. The van der Waals surface area contributed by atoms with Crippen LogP contribution in [0, 0.1) is 0 Å². The number of nitrogens with two attached hydrogens (primary N) is 1. The number of aromatic nitrogens is 2. The van der Waals surface area contributed by atoms with Crippen LogP contribution in [0.5, 0.6) is 11.5 Å². The van der Waals surface area contributed by atoms with E-state index in [0.717, 1.165) is 9.99 Å². The van der Waals surface area contributed by atoms with Crippen LogP contribution in [0.2, 0.25) is 5.02 Å². The molecule has 0 amide bonds.